The van der Waals surface area contributed by atoms with Crippen molar-refractivity contribution in [3.8, 4) is 0 Å². The molecule has 0 aromatic rings. The van der Waals surface area contributed by atoms with Crippen LogP contribution in [0.4, 0.5) is 4.79 Å². The van der Waals surface area contributed by atoms with Crippen LogP contribution < -0.4 is 10.8 Å². The van der Waals surface area contributed by atoms with Crippen LogP contribution in [-0.4, -0.2) is 44.6 Å². The summed E-state index contributed by atoms with van der Waals surface area (Å²) >= 11 is 0. The molecule has 0 radical (unpaired) electrons. The zero-order valence-corrected chi connectivity index (χ0v) is 13.7. The van der Waals surface area contributed by atoms with E-state index >= 15 is 0 Å². The molecular weight excluding hydrogens is 272 g/mol. The van der Waals surface area contributed by atoms with E-state index < -0.39 is 5.60 Å². The highest BCUT2D eigenvalue weighted by Gasteiger charge is 2.26. The quantitative estimate of drug-likeness (QED) is 0.557. The van der Waals surface area contributed by atoms with E-state index in [-0.39, 0.29) is 12.1 Å². The van der Waals surface area contributed by atoms with Gasteiger partial charge in [-0.2, -0.15) is 5.48 Å². The van der Waals surface area contributed by atoms with E-state index in [9.17, 15) is 4.79 Å². The number of rotatable bonds is 7. The van der Waals surface area contributed by atoms with Crippen molar-refractivity contribution in [2.24, 2.45) is 5.92 Å². The number of hydroxylamine groups is 1. The van der Waals surface area contributed by atoms with E-state index in [1.807, 2.05) is 20.8 Å². The van der Waals surface area contributed by atoms with Gasteiger partial charge >= 0.3 is 6.09 Å². The van der Waals surface area contributed by atoms with Gasteiger partial charge in [0, 0.05) is 19.7 Å². The lowest BCUT2D eigenvalue weighted by Crippen LogP contribution is -2.45. The molecule has 0 bridgehead atoms. The van der Waals surface area contributed by atoms with Gasteiger partial charge in [0.15, 0.2) is 0 Å². The van der Waals surface area contributed by atoms with Crippen LogP contribution >= 0.6 is 0 Å². The summed E-state index contributed by atoms with van der Waals surface area (Å²) in [4.78, 5) is 17.1. The SMILES string of the molecule is COCCONC1CCCCC1CNC(=O)OC(C)(C)C. The predicted octanol–water partition coefficient (Wildman–Crippen LogP) is 2.24. The summed E-state index contributed by atoms with van der Waals surface area (Å²) in [5.74, 6) is 0.369. The summed E-state index contributed by atoms with van der Waals surface area (Å²) in [6.07, 6.45) is 4.17. The van der Waals surface area contributed by atoms with Crippen molar-refractivity contribution in [1.82, 2.24) is 10.8 Å². The van der Waals surface area contributed by atoms with Gasteiger partial charge in [-0.15, -0.1) is 0 Å². The van der Waals surface area contributed by atoms with Gasteiger partial charge in [0.05, 0.1) is 13.2 Å². The first-order chi connectivity index (χ1) is 9.92. The second-order valence-corrected chi connectivity index (χ2v) is 6.49. The van der Waals surface area contributed by atoms with Crippen molar-refractivity contribution in [3.05, 3.63) is 0 Å². The Morgan fingerprint density at radius 3 is 2.57 bits per heavy atom. The first kappa shape index (κ1) is 18.2. The van der Waals surface area contributed by atoms with Gasteiger partial charge in [-0.1, -0.05) is 12.8 Å². The number of hydrogen-bond acceptors (Lipinski definition) is 5. The number of alkyl carbamates (subject to hydrolysis) is 1. The zero-order valence-electron chi connectivity index (χ0n) is 13.7. The molecule has 1 aliphatic carbocycles. The van der Waals surface area contributed by atoms with Crippen LogP contribution in [-0.2, 0) is 14.3 Å². The first-order valence-electron chi connectivity index (χ1n) is 7.75. The van der Waals surface area contributed by atoms with Crippen LogP contribution in [0.2, 0.25) is 0 Å². The molecule has 0 aromatic heterocycles. The van der Waals surface area contributed by atoms with Crippen LogP contribution in [0.5, 0.6) is 0 Å². The lowest BCUT2D eigenvalue weighted by Gasteiger charge is -2.32. The summed E-state index contributed by atoms with van der Waals surface area (Å²) in [5, 5.41) is 2.86. The summed E-state index contributed by atoms with van der Waals surface area (Å²) in [6.45, 7) is 7.30. The minimum absolute atomic E-state index is 0.269. The Labute approximate surface area is 127 Å². The van der Waals surface area contributed by atoms with E-state index in [0.29, 0.717) is 25.7 Å². The van der Waals surface area contributed by atoms with Gasteiger partial charge in [-0.3, -0.25) is 4.84 Å². The van der Waals surface area contributed by atoms with Crippen molar-refractivity contribution in [1.29, 1.82) is 0 Å². The van der Waals surface area contributed by atoms with Gasteiger partial charge in [0.25, 0.3) is 0 Å². The van der Waals surface area contributed by atoms with E-state index in [1.54, 1.807) is 7.11 Å². The fourth-order valence-electron chi connectivity index (χ4n) is 2.43. The van der Waals surface area contributed by atoms with E-state index in [4.69, 9.17) is 14.3 Å². The van der Waals surface area contributed by atoms with Crippen LogP contribution in [0, 0.1) is 5.92 Å². The minimum Gasteiger partial charge on any atom is -0.444 e. The number of carbonyl (C=O) groups is 1. The standard InChI is InChI=1S/C15H30N2O4/c1-15(2,3)21-14(18)16-11-12-7-5-6-8-13(12)17-20-10-9-19-4/h12-13,17H,5-11H2,1-4H3,(H,16,18). The first-order valence-corrected chi connectivity index (χ1v) is 7.75. The fraction of sp³-hybridized carbons (Fsp3) is 0.933. The Bertz CT molecular complexity index is 305. The minimum atomic E-state index is -0.461. The van der Waals surface area contributed by atoms with Gasteiger partial charge in [0.2, 0.25) is 0 Å². The van der Waals surface area contributed by atoms with E-state index in [1.165, 1.54) is 12.8 Å². The van der Waals surface area contributed by atoms with Crippen molar-refractivity contribution >= 4 is 6.09 Å². The van der Waals surface area contributed by atoms with Crippen molar-refractivity contribution in [2.45, 2.75) is 58.1 Å². The van der Waals surface area contributed by atoms with Crippen LogP contribution in [0.25, 0.3) is 0 Å². The van der Waals surface area contributed by atoms with Gasteiger partial charge in [-0.25, -0.2) is 4.79 Å². The Hall–Kier alpha value is -0.850. The number of ether oxygens (including phenoxy) is 2. The van der Waals surface area contributed by atoms with Gasteiger partial charge in [0.1, 0.15) is 5.60 Å². The summed E-state index contributed by atoms with van der Waals surface area (Å²) in [5.41, 5.74) is 2.65. The molecule has 6 heteroatoms. The monoisotopic (exact) mass is 302 g/mol. The average molecular weight is 302 g/mol. The molecule has 0 saturated heterocycles. The summed E-state index contributed by atoms with van der Waals surface area (Å²) < 4.78 is 10.2. The van der Waals surface area contributed by atoms with Crippen molar-refractivity contribution in [3.63, 3.8) is 0 Å². The molecule has 124 valence electrons. The van der Waals surface area contributed by atoms with E-state index in [0.717, 1.165) is 12.8 Å². The second-order valence-electron chi connectivity index (χ2n) is 6.49. The van der Waals surface area contributed by atoms with Crippen molar-refractivity contribution in [2.75, 3.05) is 26.9 Å². The zero-order chi connectivity index (χ0) is 15.7. The molecule has 0 spiro atoms. The average Bonchev–Trinajstić information content (AvgIpc) is 2.40. The third kappa shape index (κ3) is 8.24. The van der Waals surface area contributed by atoms with Gasteiger partial charge in [-0.05, 0) is 39.5 Å². The Kier molecular flexibility index (Phi) is 8.00. The molecule has 2 N–H and O–H groups in total. The number of carbonyl (C=O) groups excluding carboxylic acids is 1. The molecule has 0 aromatic carbocycles. The molecule has 2 unspecified atom stereocenters. The van der Waals surface area contributed by atoms with Crippen LogP contribution in [0.3, 0.4) is 0 Å². The third-order valence-electron chi connectivity index (χ3n) is 3.44. The maximum Gasteiger partial charge on any atom is 0.407 e. The van der Waals surface area contributed by atoms with Crippen LogP contribution in [0.15, 0.2) is 0 Å². The Morgan fingerprint density at radius 2 is 1.90 bits per heavy atom. The summed E-state index contributed by atoms with van der Waals surface area (Å²) in [7, 11) is 1.65. The molecule has 1 amide bonds. The molecule has 2 atom stereocenters. The highest BCUT2D eigenvalue weighted by molar-refractivity contribution is 5.67. The number of nitrogens with one attached hydrogen (secondary N) is 2. The third-order valence-corrected chi connectivity index (χ3v) is 3.44. The van der Waals surface area contributed by atoms with Gasteiger partial charge < -0.3 is 14.8 Å². The topological polar surface area (TPSA) is 68.8 Å². The molecule has 1 fully saturated rings. The summed E-state index contributed by atoms with van der Waals surface area (Å²) in [6, 6.07) is 0.269. The molecule has 1 rings (SSSR count). The smallest absolute Gasteiger partial charge is 0.407 e. The molecule has 0 aliphatic heterocycles. The van der Waals surface area contributed by atoms with Crippen molar-refractivity contribution < 1.29 is 19.1 Å². The molecule has 1 aliphatic rings. The maximum absolute atomic E-state index is 11.7. The fourth-order valence-corrected chi connectivity index (χ4v) is 2.43. The molecule has 6 nitrogen and oxygen atoms in total. The Balaban J connectivity index is 2.30. The lowest BCUT2D eigenvalue weighted by molar-refractivity contribution is -0.0304. The number of methoxy groups -OCH3 is 1. The predicted molar refractivity (Wildman–Crippen MR) is 80.9 cm³/mol. The van der Waals surface area contributed by atoms with E-state index in [2.05, 4.69) is 10.8 Å². The molecule has 0 heterocycles. The normalized spacial score (nSPS) is 22.9. The lowest BCUT2D eigenvalue weighted by atomic mass is 9.85. The number of hydrogen-bond donors (Lipinski definition) is 2. The highest BCUT2D eigenvalue weighted by atomic mass is 16.7. The molecule has 1 saturated carbocycles. The second kappa shape index (κ2) is 9.23. The highest BCUT2D eigenvalue weighted by Crippen LogP contribution is 2.24. The molecule has 21 heavy (non-hydrogen) atoms. The Morgan fingerprint density at radius 1 is 1.19 bits per heavy atom. The number of amides is 1. The maximum atomic E-state index is 11.7. The molecular formula is C15H30N2O4. The largest absolute Gasteiger partial charge is 0.444 e. The van der Waals surface area contributed by atoms with Crippen LogP contribution in [0.1, 0.15) is 46.5 Å².